The highest BCUT2D eigenvalue weighted by Crippen LogP contribution is 2.40. The molecule has 0 radical (unpaired) electrons. The van der Waals surface area contributed by atoms with Crippen LogP contribution in [0.1, 0.15) is 38.3 Å². The number of hydrogen-bond acceptors (Lipinski definition) is 7. The summed E-state index contributed by atoms with van der Waals surface area (Å²) in [5.74, 6) is 0. The zero-order chi connectivity index (χ0) is 32.2. The summed E-state index contributed by atoms with van der Waals surface area (Å²) in [7, 11) is -6.00. The number of para-hydroxylation sites is 1. The monoisotopic (exact) mass is 651 g/mol. The summed E-state index contributed by atoms with van der Waals surface area (Å²) in [6, 6.07) is 25.9. The Labute approximate surface area is 268 Å². The molecule has 1 fully saturated rings. The van der Waals surface area contributed by atoms with Crippen LogP contribution in [0.5, 0.6) is 0 Å². The molecule has 1 aromatic heterocycles. The molecule has 0 unspecified atom stereocenters. The molecule has 242 valence electrons. The van der Waals surface area contributed by atoms with E-state index in [1.54, 1.807) is 36.5 Å². The van der Waals surface area contributed by atoms with Crippen LogP contribution in [0.15, 0.2) is 96.0 Å². The van der Waals surface area contributed by atoms with Crippen molar-refractivity contribution in [1.29, 1.82) is 0 Å². The normalized spacial score (nSPS) is 21.3. The number of benzene rings is 3. The highest BCUT2D eigenvalue weighted by Gasteiger charge is 2.46. The molecule has 0 saturated carbocycles. The van der Waals surface area contributed by atoms with Crippen molar-refractivity contribution in [3.63, 3.8) is 0 Å². The second kappa shape index (κ2) is 13.9. The van der Waals surface area contributed by atoms with Crippen molar-refractivity contribution in [3.8, 4) is 0 Å². The molecule has 45 heavy (non-hydrogen) atoms. The third kappa shape index (κ3) is 7.60. The third-order valence-corrected chi connectivity index (χ3v) is 15.1. The number of fused-ring (bicyclic) bond motifs is 1. The number of aliphatic hydroxyl groups is 1. The van der Waals surface area contributed by atoms with Crippen LogP contribution < -0.4 is 0 Å². The zero-order valence-corrected chi connectivity index (χ0v) is 28.6. The molecule has 0 aliphatic carbocycles. The fourth-order valence-electron chi connectivity index (χ4n) is 5.37. The lowest BCUT2D eigenvalue weighted by Crippen LogP contribution is -2.56. The summed E-state index contributed by atoms with van der Waals surface area (Å²) >= 11 is 0. The lowest BCUT2D eigenvalue weighted by molar-refractivity contribution is -0.274. The van der Waals surface area contributed by atoms with E-state index in [2.05, 4.69) is 33.9 Å². The fraction of sp³-hybridized carbons (Fsp3) is 0.429. The molecule has 5 rings (SSSR count). The number of rotatable bonds is 12. The number of ether oxygens (including phenoxy) is 3. The van der Waals surface area contributed by atoms with Crippen molar-refractivity contribution >= 4 is 29.2 Å². The van der Waals surface area contributed by atoms with Crippen molar-refractivity contribution in [3.05, 3.63) is 102 Å². The summed E-state index contributed by atoms with van der Waals surface area (Å²) in [4.78, 5) is 0.230. The first-order valence-electron chi connectivity index (χ1n) is 15.5. The highest BCUT2D eigenvalue weighted by molar-refractivity contribution is 7.90. The highest BCUT2D eigenvalue weighted by atomic mass is 32.2. The molecular formula is C35H45NO7SSi. The van der Waals surface area contributed by atoms with Gasteiger partial charge >= 0.3 is 0 Å². The van der Waals surface area contributed by atoms with Gasteiger partial charge in [0.15, 0.2) is 14.6 Å². The van der Waals surface area contributed by atoms with Gasteiger partial charge in [0, 0.05) is 18.0 Å². The first-order chi connectivity index (χ1) is 21.4. The Balaban J connectivity index is 1.34. The summed E-state index contributed by atoms with van der Waals surface area (Å²) in [6.07, 6.45) is 0.614. The topological polar surface area (TPSA) is 96.2 Å². The SMILES string of the molecule is CC(C)(C)[Si](C)(C)O[C@@H]1C[C@H](OCc2ccccc2)[C@@H](CO)O[C@H]1OCCc1cn(S(=O)(=O)c2ccccc2)c2ccccc12. The minimum absolute atomic E-state index is 0.0299. The molecule has 8 nitrogen and oxygen atoms in total. The molecule has 0 spiro atoms. The number of aliphatic hydroxyl groups excluding tert-OH is 1. The van der Waals surface area contributed by atoms with Crippen LogP contribution in [0.3, 0.4) is 0 Å². The van der Waals surface area contributed by atoms with Gasteiger partial charge in [0.1, 0.15) is 6.10 Å². The van der Waals surface area contributed by atoms with Gasteiger partial charge in [-0.2, -0.15) is 0 Å². The zero-order valence-electron chi connectivity index (χ0n) is 26.8. The fourth-order valence-corrected chi connectivity index (χ4v) is 8.10. The Morgan fingerprint density at radius 2 is 1.56 bits per heavy atom. The molecular weight excluding hydrogens is 607 g/mol. The largest absolute Gasteiger partial charge is 0.409 e. The second-order valence-electron chi connectivity index (χ2n) is 13.1. The van der Waals surface area contributed by atoms with Crippen molar-refractivity contribution in [1.82, 2.24) is 3.97 Å². The van der Waals surface area contributed by atoms with Crippen LogP contribution in [0.4, 0.5) is 0 Å². The van der Waals surface area contributed by atoms with Crippen LogP contribution >= 0.6 is 0 Å². The molecule has 1 saturated heterocycles. The van der Waals surface area contributed by atoms with Gasteiger partial charge in [-0.3, -0.25) is 0 Å². The van der Waals surface area contributed by atoms with Gasteiger partial charge in [0.25, 0.3) is 10.0 Å². The molecule has 2 heterocycles. The molecule has 4 atom stereocenters. The number of hydrogen-bond donors (Lipinski definition) is 1. The van der Waals surface area contributed by atoms with Crippen LogP contribution in [0, 0.1) is 0 Å². The summed E-state index contributed by atoms with van der Waals surface area (Å²) in [5, 5.41) is 11.1. The van der Waals surface area contributed by atoms with Gasteiger partial charge in [-0.15, -0.1) is 0 Å². The van der Waals surface area contributed by atoms with Crippen molar-refractivity contribution < 1.29 is 32.2 Å². The number of nitrogens with zero attached hydrogens (tertiary/aromatic N) is 1. The van der Waals surface area contributed by atoms with Gasteiger partial charge in [-0.25, -0.2) is 12.4 Å². The second-order valence-corrected chi connectivity index (χ2v) is 19.7. The van der Waals surface area contributed by atoms with E-state index in [0.29, 0.717) is 25.0 Å². The maximum Gasteiger partial charge on any atom is 0.268 e. The molecule has 1 aliphatic rings. The minimum atomic E-state index is -3.78. The Hall–Kier alpha value is -2.83. The van der Waals surface area contributed by atoms with E-state index in [0.717, 1.165) is 16.5 Å². The summed E-state index contributed by atoms with van der Waals surface area (Å²) in [5.41, 5.74) is 2.51. The van der Waals surface area contributed by atoms with Crippen LogP contribution in [-0.4, -0.2) is 63.6 Å². The van der Waals surface area contributed by atoms with E-state index in [4.69, 9.17) is 18.6 Å². The average Bonchev–Trinajstić information content (AvgIpc) is 3.40. The van der Waals surface area contributed by atoms with Gasteiger partial charge < -0.3 is 23.7 Å². The van der Waals surface area contributed by atoms with E-state index in [-0.39, 0.29) is 29.3 Å². The van der Waals surface area contributed by atoms with Gasteiger partial charge in [0.2, 0.25) is 0 Å². The summed E-state index contributed by atoms with van der Waals surface area (Å²) in [6.45, 7) is 11.4. The first kappa shape index (κ1) is 33.5. The molecule has 1 N–H and O–H groups in total. The third-order valence-electron chi connectivity index (χ3n) is 8.94. The van der Waals surface area contributed by atoms with Gasteiger partial charge in [0.05, 0.1) is 42.4 Å². The molecule has 10 heteroatoms. The summed E-state index contributed by atoms with van der Waals surface area (Å²) < 4.78 is 54.3. The molecule has 0 amide bonds. The predicted molar refractivity (Wildman–Crippen MR) is 178 cm³/mol. The van der Waals surface area contributed by atoms with Crippen molar-refractivity contribution in [2.75, 3.05) is 13.2 Å². The van der Waals surface area contributed by atoms with E-state index in [1.165, 1.54) is 3.97 Å². The van der Waals surface area contributed by atoms with E-state index in [1.807, 2.05) is 54.6 Å². The predicted octanol–water partition coefficient (Wildman–Crippen LogP) is 6.52. The first-order valence-corrected chi connectivity index (χ1v) is 19.9. The molecule has 0 bridgehead atoms. The quantitative estimate of drug-likeness (QED) is 0.174. The lowest BCUT2D eigenvalue weighted by Gasteiger charge is -2.46. The van der Waals surface area contributed by atoms with Crippen molar-refractivity contribution in [2.24, 2.45) is 0 Å². The Morgan fingerprint density at radius 3 is 2.22 bits per heavy atom. The lowest BCUT2D eigenvalue weighted by atomic mass is 10.0. The maximum absolute atomic E-state index is 13.5. The van der Waals surface area contributed by atoms with Crippen molar-refractivity contribution in [2.45, 2.75) is 87.8 Å². The maximum atomic E-state index is 13.5. The Morgan fingerprint density at radius 1 is 0.911 bits per heavy atom. The molecule has 1 aliphatic heterocycles. The van der Waals surface area contributed by atoms with Gasteiger partial charge in [-0.05, 0) is 53.9 Å². The Kier molecular flexibility index (Phi) is 10.3. The van der Waals surface area contributed by atoms with Crippen LogP contribution in [-0.2, 0) is 41.7 Å². The number of aromatic nitrogens is 1. The van der Waals surface area contributed by atoms with Crippen LogP contribution in [0.2, 0.25) is 18.1 Å². The van der Waals surface area contributed by atoms with Crippen LogP contribution in [0.25, 0.3) is 10.9 Å². The Bertz CT molecular complexity index is 1650. The van der Waals surface area contributed by atoms with Gasteiger partial charge in [-0.1, -0.05) is 87.5 Å². The standard InChI is InChI=1S/C35H45NO7SSi/c1-35(2,3)45(4,5)43-32-22-31(41-25-26-14-8-6-9-15-26)33(24-37)42-34(32)40-21-20-27-23-36(30-19-13-12-18-29(27)30)44(38,39)28-16-10-7-11-17-28/h6-19,23,31-34,37H,20-22,24-25H2,1-5H3/t31-,32+,33+,34+/m0/s1. The van der Waals surface area contributed by atoms with E-state index in [9.17, 15) is 13.5 Å². The average molecular weight is 652 g/mol. The van der Waals surface area contributed by atoms with E-state index >= 15 is 0 Å². The smallest absolute Gasteiger partial charge is 0.268 e. The van der Waals surface area contributed by atoms with E-state index < -0.39 is 36.8 Å². The molecule has 3 aromatic carbocycles. The molecule has 4 aromatic rings. The minimum Gasteiger partial charge on any atom is -0.409 e.